The van der Waals surface area contributed by atoms with Crippen LogP contribution in [0.3, 0.4) is 0 Å². The van der Waals surface area contributed by atoms with Crippen LogP contribution < -0.4 is 10.6 Å². The summed E-state index contributed by atoms with van der Waals surface area (Å²) < 4.78 is 38.4. The Morgan fingerprint density at radius 3 is 2.62 bits per heavy atom. The predicted octanol–water partition coefficient (Wildman–Crippen LogP) is 2.41. The highest BCUT2D eigenvalue weighted by Crippen LogP contribution is 2.19. The van der Waals surface area contributed by atoms with E-state index in [4.69, 9.17) is 0 Å². The Morgan fingerprint density at radius 2 is 2.00 bits per heavy atom. The van der Waals surface area contributed by atoms with E-state index in [0.717, 1.165) is 12.1 Å². The summed E-state index contributed by atoms with van der Waals surface area (Å²) in [4.78, 5) is 11.1. The Morgan fingerprint density at radius 1 is 1.31 bits per heavy atom. The van der Waals surface area contributed by atoms with Crippen LogP contribution in [-0.4, -0.2) is 12.6 Å². The quantitative estimate of drug-likeness (QED) is 0.607. The zero-order valence-corrected chi connectivity index (χ0v) is 8.19. The molecule has 0 bridgehead atoms. The number of halogens is 3. The van der Waals surface area contributed by atoms with Gasteiger partial charge in [-0.3, -0.25) is 0 Å². The van der Waals surface area contributed by atoms with Crippen molar-refractivity contribution in [3.63, 3.8) is 0 Å². The smallest absolute Gasteiger partial charge is 0.319 e. The minimum absolute atomic E-state index is 0.178. The maximum absolute atomic E-state index is 13.1. The molecule has 0 aliphatic rings. The summed E-state index contributed by atoms with van der Waals surface area (Å²) in [5, 5.41) is 4.32. The fraction of sp³-hybridized carbons (Fsp3) is 0.100. The largest absolute Gasteiger partial charge is 0.334 e. The van der Waals surface area contributed by atoms with Crippen LogP contribution in [0.25, 0.3) is 0 Å². The van der Waals surface area contributed by atoms with Crippen molar-refractivity contribution in [3.8, 4) is 0 Å². The molecule has 0 radical (unpaired) electrons. The van der Waals surface area contributed by atoms with E-state index in [9.17, 15) is 18.0 Å². The minimum atomic E-state index is -1.62. The number of nitrogens with one attached hydrogen (secondary N) is 2. The molecule has 0 atom stereocenters. The molecule has 0 aliphatic carbocycles. The molecule has 1 rings (SSSR count). The van der Waals surface area contributed by atoms with Gasteiger partial charge in [0.2, 0.25) is 0 Å². The van der Waals surface area contributed by atoms with Gasteiger partial charge in [-0.25, -0.2) is 18.0 Å². The molecule has 3 nitrogen and oxygen atoms in total. The standard InChI is InChI=1S/C10H9F3N2O/c1-2-5-14-10(16)15-7-4-3-6(11)8(12)9(7)13/h2-4H,1,5H2,(H2,14,15,16). The van der Waals surface area contributed by atoms with Crippen molar-refractivity contribution in [3.05, 3.63) is 42.2 Å². The van der Waals surface area contributed by atoms with E-state index < -0.39 is 29.2 Å². The van der Waals surface area contributed by atoms with Gasteiger partial charge >= 0.3 is 6.03 Å². The molecular formula is C10H9F3N2O. The van der Waals surface area contributed by atoms with Gasteiger partial charge < -0.3 is 10.6 Å². The lowest BCUT2D eigenvalue weighted by molar-refractivity contribution is 0.253. The van der Waals surface area contributed by atoms with Gasteiger partial charge in [0, 0.05) is 6.54 Å². The molecule has 2 N–H and O–H groups in total. The summed E-state index contributed by atoms with van der Waals surface area (Å²) in [6.45, 7) is 3.53. The summed E-state index contributed by atoms with van der Waals surface area (Å²) in [5.41, 5.74) is -0.430. The van der Waals surface area contributed by atoms with Gasteiger partial charge in [0.1, 0.15) is 0 Å². The van der Waals surface area contributed by atoms with E-state index >= 15 is 0 Å². The van der Waals surface area contributed by atoms with Crippen molar-refractivity contribution in [2.24, 2.45) is 0 Å². The van der Waals surface area contributed by atoms with Crippen molar-refractivity contribution >= 4 is 11.7 Å². The van der Waals surface area contributed by atoms with Gasteiger partial charge in [0.25, 0.3) is 0 Å². The maximum atomic E-state index is 13.1. The Bertz CT molecular complexity index is 421. The summed E-state index contributed by atoms with van der Waals surface area (Å²) >= 11 is 0. The van der Waals surface area contributed by atoms with Crippen LogP contribution in [0.2, 0.25) is 0 Å². The molecule has 86 valence electrons. The fourth-order valence-corrected chi connectivity index (χ4v) is 0.954. The Hall–Kier alpha value is -1.98. The van der Waals surface area contributed by atoms with Gasteiger partial charge in [0.15, 0.2) is 17.5 Å². The maximum Gasteiger partial charge on any atom is 0.319 e. The highest BCUT2D eigenvalue weighted by Gasteiger charge is 2.14. The second-order valence-corrected chi connectivity index (χ2v) is 2.85. The van der Waals surface area contributed by atoms with E-state index in [1.807, 2.05) is 5.32 Å². The molecule has 0 spiro atoms. The van der Waals surface area contributed by atoms with Gasteiger partial charge in [-0.05, 0) is 12.1 Å². The van der Waals surface area contributed by atoms with Crippen molar-refractivity contribution in [2.45, 2.75) is 0 Å². The summed E-state index contributed by atoms with van der Waals surface area (Å²) in [6, 6.07) is 0.924. The number of rotatable bonds is 3. The first-order valence-electron chi connectivity index (χ1n) is 4.35. The first-order valence-corrected chi connectivity index (χ1v) is 4.35. The molecule has 0 saturated heterocycles. The van der Waals surface area contributed by atoms with Crippen LogP contribution in [0.5, 0.6) is 0 Å². The zero-order valence-electron chi connectivity index (χ0n) is 8.19. The van der Waals surface area contributed by atoms with Gasteiger partial charge in [-0.2, -0.15) is 0 Å². The van der Waals surface area contributed by atoms with Crippen molar-refractivity contribution in [1.29, 1.82) is 0 Å². The van der Waals surface area contributed by atoms with Gasteiger partial charge in [-0.1, -0.05) is 6.08 Å². The summed E-state index contributed by atoms with van der Waals surface area (Å²) in [7, 11) is 0. The molecule has 1 aromatic rings. The number of anilines is 1. The number of hydrogen-bond donors (Lipinski definition) is 2. The molecule has 2 amide bonds. The third-order valence-electron chi connectivity index (χ3n) is 1.69. The Labute approximate surface area is 90.0 Å². The average molecular weight is 230 g/mol. The first kappa shape index (κ1) is 12.1. The molecule has 1 aromatic carbocycles. The number of carbonyl (C=O) groups excluding carboxylic acids is 1. The Kier molecular flexibility index (Phi) is 3.93. The van der Waals surface area contributed by atoms with E-state index in [1.165, 1.54) is 6.08 Å². The molecule has 16 heavy (non-hydrogen) atoms. The molecule has 0 aromatic heterocycles. The molecule has 0 fully saturated rings. The summed E-state index contributed by atoms with van der Waals surface area (Å²) in [5.74, 6) is -4.37. The van der Waals surface area contributed by atoms with Crippen molar-refractivity contribution < 1.29 is 18.0 Å². The fourth-order valence-electron chi connectivity index (χ4n) is 0.954. The van der Waals surface area contributed by atoms with Crippen LogP contribution in [0.4, 0.5) is 23.7 Å². The normalized spacial score (nSPS) is 9.69. The predicted molar refractivity (Wildman–Crippen MR) is 53.5 cm³/mol. The molecule has 0 saturated carbocycles. The summed E-state index contributed by atoms with van der Waals surface area (Å²) in [6.07, 6.45) is 1.42. The molecule has 6 heteroatoms. The lowest BCUT2D eigenvalue weighted by Gasteiger charge is -2.07. The second-order valence-electron chi connectivity index (χ2n) is 2.85. The highest BCUT2D eigenvalue weighted by molar-refractivity contribution is 5.89. The number of benzene rings is 1. The second kappa shape index (κ2) is 5.20. The number of urea groups is 1. The SMILES string of the molecule is C=CCNC(=O)Nc1ccc(F)c(F)c1F. The molecule has 0 heterocycles. The number of carbonyl (C=O) groups is 1. The third kappa shape index (κ3) is 2.75. The zero-order chi connectivity index (χ0) is 12.1. The molecule has 0 aliphatic heterocycles. The van der Waals surface area contributed by atoms with E-state index in [1.54, 1.807) is 0 Å². The van der Waals surface area contributed by atoms with Crippen LogP contribution in [0.1, 0.15) is 0 Å². The molecule has 0 unspecified atom stereocenters. The van der Waals surface area contributed by atoms with Crippen LogP contribution in [-0.2, 0) is 0 Å². The monoisotopic (exact) mass is 230 g/mol. The van der Waals surface area contributed by atoms with Gasteiger partial charge in [-0.15, -0.1) is 6.58 Å². The highest BCUT2D eigenvalue weighted by atomic mass is 19.2. The van der Waals surface area contributed by atoms with Crippen molar-refractivity contribution in [1.82, 2.24) is 5.32 Å². The van der Waals surface area contributed by atoms with Crippen LogP contribution in [0.15, 0.2) is 24.8 Å². The molecular weight excluding hydrogens is 221 g/mol. The van der Waals surface area contributed by atoms with Crippen LogP contribution >= 0.6 is 0 Å². The number of hydrogen-bond acceptors (Lipinski definition) is 1. The average Bonchev–Trinajstić information content (AvgIpc) is 2.27. The lowest BCUT2D eigenvalue weighted by Crippen LogP contribution is -2.29. The third-order valence-corrected chi connectivity index (χ3v) is 1.69. The van der Waals surface area contributed by atoms with Crippen LogP contribution in [0, 0.1) is 17.5 Å². The van der Waals surface area contributed by atoms with Gasteiger partial charge in [0.05, 0.1) is 5.69 Å². The topological polar surface area (TPSA) is 41.1 Å². The lowest BCUT2D eigenvalue weighted by atomic mass is 10.3. The van der Waals surface area contributed by atoms with E-state index in [0.29, 0.717) is 0 Å². The van der Waals surface area contributed by atoms with E-state index in [2.05, 4.69) is 11.9 Å². The van der Waals surface area contributed by atoms with E-state index in [-0.39, 0.29) is 6.54 Å². The number of amides is 2. The minimum Gasteiger partial charge on any atom is -0.334 e. The first-order chi connectivity index (χ1) is 7.56. The Balaban J connectivity index is 2.78. The van der Waals surface area contributed by atoms with Crippen molar-refractivity contribution in [2.75, 3.05) is 11.9 Å².